The van der Waals surface area contributed by atoms with Crippen molar-refractivity contribution in [3.63, 3.8) is 0 Å². The molecular formula is C36H49N3O7. The van der Waals surface area contributed by atoms with Crippen LogP contribution in [-0.4, -0.2) is 88.7 Å². The van der Waals surface area contributed by atoms with Gasteiger partial charge in [0, 0.05) is 32.2 Å². The number of benzene rings is 1. The van der Waals surface area contributed by atoms with E-state index in [0.717, 1.165) is 37.7 Å². The van der Waals surface area contributed by atoms with Gasteiger partial charge < -0.3 is 29.7 Å². The quantitative estimate of drug-likeness (QED) is 0.161. The van der Waals surface area contributed by atoms with Gasteiger partial charge in [0.05, 0.1) is 24.0 Å². The topological polar surface area (TPSA) is 125 Å². The largest absolute Gasteiger partial charge is 0.463 e. The number of rotatable bonds is 16. The molecule has 0 aromatic heterocycles. The molecule has 1 aromatic carbocycles. The highest BCUT2D eigenvalue weighted by atomic mass is 16.5. The first-order valence-corrected chi connectivity index (χ1v) is 17.0. The molecule has 3 heterocycles. The minimum Gasteiger partial charge on any atom is -0.463 e. The lowest BCUT2D eigenvalue weighted by atomic mass is 9.70. The van der Waals surface area contributed by atoms with Crippen molar-refractivity contribution < 1.29 is 33.8 Å². The monoisotopic (exact) mass is 635 g/mol. The maximum absolute atomic E-state index is 14.6. The van der Waals surface area contributed by atoms with E-state index in [1.165, 1.54) is 0 Å². The van der Waals surface area contributed by atoms with Crippen molar-refractivity contribution >= 4 is 23.7 Å². The van der Waals surface area contributed by atoms with Crippen LogP contribution in [0.1, 0.15) is 82.2 Å². The van der Waals surface area contributed by atoms with E-state index in [-0.39, 0.29) is 49.4 Å². The maximum Gasteiger partial charge on any atom is 0.306 e. The predicted molar refractivity (Wildman–Crippen MR) is 172 cm³/mol. The van der Waals surface area contributed by atoms with Crippen LogP contribution in [0.3, 0.4) is 0 Å². The fourth-order valence-corrected chi connectivity index (χ4v) is 8.12. The van der Waals surface area contributed by atoms with Crippen molar-refractivity contribution in [1.82, 2.24) is 15.1 Å². The van der Waals surface area contributed by atoms with Crippen molar-refractivity contribution in [2.45, 2.75) is 100 Å². The number of allylic oxidation sites excluding steroid dienone is 1. The zero-order valence-electron chi connectivity index (χ0n) is 26.8. The number of esters is 1. The Kier molecular flexibility index (Phi) is 11.3. The third-order valence-corrected chi connectivity index (χ3v) is 10.3. The van der Waals surface area contributed by atoms with Crippen LogP contribution in [0.5, 0.6) is 0 Å². The normalized spacial score (nSPS) is 27.6. The second kappa shape index (κ2) is 15.4. The second-order valence-corrected chi connectivity index (χ2v) is 13.1. The summed E-state index contributed by atoms with van der Waals surface area (Å²) in [6.45, 7) is 8.19. The van der Waals surface area contributed by atoms with Gasteiger partial charge in [0.25, 0.3) is 0 Å². The number of amides is 3. The Balaban J connectivity index is 1.42. The summed E-state index contributed by atoms with van der Waals surface area (Å²) in [7, 11) is 0. The second-order valence-electron chi connectivity index (χ2n) is 13.1. The maximum atomic E-state index is 14.6. The average Bonchev–Trinajstić information content (AvgIpc) is 3.72. The van der Waals surface area contributed by atoms with Crippen LogP contribution in [-0.2, 0) is 28.7 Å². The first kappa shape index (κ1) is 33.9. The highest BCUT2D eigenvalue weighted by Crippen LogP contribution is 2.58. The Morgan fingerprint density at radius 3 is 2.57 bits per heavy atom. The van der Waals surface area contributed by atoms with Gasteiger partial charge in [0.15, 0.2) is 0 Å². The third kappa shape index (κ3) is 6.79. The molecule has 10 heteroatoms. The molecule has 4 aliphatic rings. The third-order valence-electron chi connectivity index (χ3n) is 10.3. The molecule has 1 aromatic rings. The summed E-state index contributed by atoms with van der Waals surface area (Å²) >= 11 is 0. The summed E-state index contributed by atoms with van der Waals surface area (Å²) in [4.78, 5) is 59.0. The zero-order valence-corrected chi connectivity index (χ0v) is 26.8. The van der Waals surface area contributed by atoms with Crippen LogP contribution in [0.4, 0.5) is 0 Å². The number of aliphatic hydroxyl groups is 1. The van der Waals surface area contributed by atoms with Gasteiger partial charge in [0.1, 0.15) is 18.2 Å². The zero-order chi connectivity index (χ0) is 32.7. The number of ether oxygens (including phenoxy) is 2. The fourth-order valence-electron chi connectivity index (χ4n) is 8.12. The minimum atomic E-state index is -1.10. The van der Waals surface area contributed by atoms with E-state index >= 15 is 0 Å². The van der Waals surface area contributed by atoms with E-state index in [0.29, 0.717) is 45.2 Å². The van der Waals surface area contributed by atoms with Crippen molar-refractivity contribution in [2.75, 3.05) is 26.3 Å². The molecule has 6 atom stereocenters. The summed E-state index contributed by atoms with van der Waals surface area (Å²) in [6.07, 6.45) is 10.8. The predicted octanol–water partition coefficient (Wildman–Crippen LogP) is 3.85. The van der Waals surface area contributed by atoms with E-state index in [2.05, 4.69) is 18.5 Å². The Hall–Kier alpha value is -3.50. The van der Waals surface area contributed by atoms with E-state index in [1.807, 2.05) is 35.2 Å². The van der Waals surface area contributed by atoms with Crippen LogP contribution in [0.25, 0.3) is 0 Å². The lowest BCUT2D eigenvalue weighted by Crippen LogP contribution is -2.58. The first-order valence-electron chi connectivity index (χ1n) is 17.0. The standard InChI is InChI=1S/C36H49N3O7/c1-3-5-18-29(41)45-24-27(25-14-8-6-9-15-25)37-33(42)30-28-19-20-36(46-28)31(30)34(43)39(22-12-13-23-40)32(36)35(44)38(21-4-2)26-16-10-7-11-17-26/h3-4,6,8-9,14-15,26-28,30-32,40H,1-2,5,7,10-13,16-24H2,(H,37,42)/t27-,28+,30-,31-,32+,36-/m1/s1. The number of hydrogen-bond acceptors (Lipinski definition) is 7. The van der Waals surface area contributed by atoms with Crippen LogP contribution in [0, 0.1) is 11.8 Å². The van der Waals surface area contributed by atoms with Gasteiger partial charge >= 0.3 is 5.97 Å². The summed E-state index contributed by atoms with van der Waals surface area (Å²) in [5.41, 5.74) is -0.330. The van der Waals surface area contributed by atoms with E-state index < -0.39 is 35.6 Å². The molecule has 3 aliphatic heterocycles. The molecule has 4 fully saturated rings. The number of aliphatic hydroxyl groups excluding tert-OH is 1. The Labute approximate surface area is 272 Å². The fraction of sp³-hybridized carbons (Fsp3) is 0.611. The van der Waals surface area contributed by atoms with Gasteiger partial charge in [-0.25, -0.2) is 0 Å². The summed E-state index contributed by atoms with van der Waals surface area (Å²) in [5, 5.41) is 12.6. The molecule has 0 radical (unpaired) electrons. The van der Waals surface area contributed by atoms with Gasteiger partial charge in [-0.1, -0.05) is 61.7 Å². The molecule has 5 rings (SSSR count). The summed E-state index contributed by atoms with van der Waals surface area (Å²) < 4.78 is 12.2. The molecule has 3 amide bonds. The Bertz CT molecular complexity index is 1270. The molecule has 1 saturated carbocycles. The molecule has 46 heavy (non-hydrogen) atoms. The SMILES string of the molecule is C=CCCC(=O)OC[C@@H](NC(=O)[C@@H]1[C@@H]2CC[C@]3(O2)[C@H](C(=O)N(CC=C)C2CCCCC2)N(CCCCO)C(=O)[C@@H]13)c1ccccc1. The van der Waals surface area contributed by atoms with Gasteiger partial charge in [-0.15, -0.1) is 13.2 Å². The molecule has 2 N–H and O–H groups in total. The molecule has 1 aliphatic carbocycles. The Morgan fingerprint density at radius 1 is 1.11 bits per heavy atom. The number of carbonyl (C=O) groups is 4. The van der Waals surface area contributed by atoms with Crippen molar-refractivity contribution in [3.8, 4) is 0 Å². The molecule has 3 saturated heterocycles. The molecule has 250 valence electrons. The van der Waals surface area contributed by atoms with E-state index in [9.17, 15) is 24.3 Å². The number of likely N-dealkylation sites (tertiary alicyclic amines) is 1. The van der Waals surface area contributed by atoms with Crippen molar-refractivity contribution in [2.24, 2.45) is 11.8 Å². The van der Waals surface area contributed by atoms with Crippen LogP contribution in [0.15, 0.2) is 55.6 Å². The number of unbranched alkanes of at least 4 members (excludes halogenated alkanes) is 1. The molecule has 0 unspecified atom stereocenters. The van der Waals surface area contributed by atoms with E-state index in [1.54, 1.807) is 17.1 Å². The van der Waals surface area contributed by atoms with Crippen LogP contribution in [0.2, 0.25) is 0 Å². The number of fused-ring (bicyclic) bond motifs is 1. The lowest BCUT2D eigenvalue weighted by Gasteiger charge is -2.40. The molecular weight excluding hydrogens is 586 g/mol. The van der Waals surface area contributed by atoms with Crippen molar-refractivity contribution in [3.05, 3.63) is 61.2 Å². The van der Waals surface area contributed by atoms with Gasteiger partial charge in [-0.3, -0.25) is 19.2 Å². The molecule has 2 bridgehead atoms. The highest BCUT2D eigenvalue weighted by molar-refractivity contribution is 5.99. The number of hydrogen-bond donors (Lipinski definition) is 2. The summed E-state index contributed by atoms with van der Waals surface area (Å²) in [5.74, 6) is -2.71. The number of nitrogens with zero attached hydrogens (tertiary/aromatic N) is 2. The van der Waals surface area contributed by atoms with Gasteiger partial charge in [-0.05, 0) is 50.5 Å². The van der Waals surface area contributed by atoms with Crippen LogP contribution < -0.4 is 5.32 Å². The number of carbonyl (C=O) groups excluding carboxylic acids is 4. The summed E-state index contributed by atoms with van der Waals surface area (Å²) in [6, 6.07) is 7.90. The highest BCUT2D eigenvalue weighted by Gasteiger charge is 2.74. The van der Waals surface area contributed by atoms with Gasteiger partial charge in [-0.2, -0.15) is 0 Å². The lowest BCUT2D eigenvalue weighted by molar-refractivity contribution is -0.150. The minimum absolute atomic E-state index is 0.0114. The first-order chi connectivity index (χ1) is 22.4. The van der Waals surface area contributed by atoms with Gasteiger partial charge in [0.2, 0.25) is 17.7 Å². The molecule has 10 nitrogen and oxygen atoms in total. The van der Waals surface area contributed by atoms with Crippen molar-refractivity contribution in [1.29, 1.82) is 0 Å². The molecule has 1 spiro atoms. The number of nitrogens with one attached hydrogen (secondary N) is 1. The Morgan fingerprint density at radius 2 is 1.87 bits per heavy atom. The van der Waals surface area contributed by atoms with Crippen LogP contribution >= 0.6 is 0 Å². The van der Waals surface area contributed by atoms with E-state index in [4.69, 9.17) is 9.47 Å². The smallest absolute Gasteiger partial charge is 0.306 e. The average molecular weight is 636 g/mol.